The molecule has 1 rings (SSSR count). The van der Waals surface area contributed by atoms with Gasteiger partial charge < -0.3 is 19.6 Å². The van der Waals surface area contributed by atoms with Crippen LogP contribution in [0.3, 0.4) is 0 Å². The molecule has 2 N–H and O–H groups in total. The van der Waals surface area contributed by atoms with Gasteiger partial charge in [0.25, 0.3) is 0 Å². The molecule has 0 fully saturated rings. The Kier molecular flexibility index (Phi) is 4.36. The molecular weight excluding hydrogens is 238 g/mol. The van der Waals surface area contributed by atoms with Crippen LogP contribution in [0.15, 0.2) is 23.0 Å². The standard InChI is InChI=1S/C12H17NO5/c1-12(2,3)18-11(16)13-9(10(14)15)6-8-4-5-17-7-8/h4-5,7,9H,6H2,1-3H3,(H,13,16)(H,14,15)/t9-/m0/s1. The van der Waals surface area contributed by atoms with Crippen molar-refractivity contribution in [3.63, 3.8) is 0 Å². The molecule has 0 unspecified atom stereocenters. The number of carbonyl (C=O) groups excluding carboxylic acids is 1. The van der Waals surface area contributed by atoms with Crippen LogP contribution in [0, 0.1) is 0 Å². The first-order valence-corrected chi connectivity index (χ1v) is 5.51. The highest BCUT2D eigenvalue weighted by molar-refractivity contribution is 5.80. The van der Waals surface area contributed by atoms with E-state index in [9.17, 15) is 9.59 Å². The van der Waals surface area contributed by atoms with E-state index in [4.69, 9.17) is 14.3 Å². The molecule has 1 aromatic heterocycles. The maximum Gasteiger partial charge on any atom is 0.408 e. The minimum atomic E-state index is -1.12. The Morgan fingerprint density at radius 2 is 2.17 bits per heavy atom. The molecule has 0 aliphatic carbocycles. The zero-order valence-corrected chi connectivity index (χ0v) is 10.6. The lowest BCUT2D eigenvalue weighted by Crippen LogP contribution is -2.44. The molecule has 18 heavy (non-hydrogen) atoms. The SMILES string of the molecule is CC(C)(C)OC(=O)N[C@@H](Cc1ccoc1)C(=O)O. The number of ether oxygens (including phenoxy) is 1. The first kappa shape index (κ1) is 14.1. The summed E-state index contributed by atoms with van der Waals surface area (Å²) in [5.41, 5.74) is 0.0291. The van der Waals surface area contributed by atoms with Crippen molar-refractivity contribution in [3.8, 4) is 0 Å². The average Bonchev–Trinajstić information content (AvgIpc) is 2.66. The van der Waals surface area contributed by atoms with E-state index >= 15 is 0 Å². The number of nitrogens with one attached hydrogen (secondary N) is 1. The molecule has 1 atom stereocenters. The summed E-state index contributed by atoms with van der Waals surface area (Å²) in [5, 5.41) is 11.3. The van der Waals surface area contributed by atoms with E-state index in [0.717, 1.165) is 0 Å². The fraction of sp³-hybridized carbons (Fsp3) is 0.500. The van der Waals surface area contributed by atoms with Gasteiger partial charge in [0.2, 0.25) is 0 Å². The van der Waals surface area contributed by atoms with Gasteiger partial charge in [0.1, 0.15) is 11.6 Å². The molecule has 0 spiro atoms. The van der Waals surface area contributed by atoms with Gasteiger partial charge in [-0.3, -0.25) is 0 Å². The summed E-state index contributed by atoms with van der Waals surface area (Å²) in [7, 11) is 0. The van der Waals surface area contributed by atoms with Gasteiger partial charge in [0.05, 0.1) is 12.5 Å². The van der Waals surface area contributed by atoms with Crippen molar-refractivity contribution in [2.45, 2.75) is 38.8 Å². The maximum absolute atomic E-state index is 11.5. The predicted molar refractivity (Wildman–Crippen MR) is 63.2 cm³/mol. The lowest BCUT2D eigenvalue weighted by molar-refractivity contribution is -0.139. The summed E-state index contributed by atoms with van der Waals surface area (Å²) in [6.45, 7) is 5.12. The third kappa shape index (κ3) is 4.90. The molecule has 0 saturated carbocycles. The molecule has 0 saturated heterocycles. The Labute approximate surface area is 105 Å². The van der Waals surface area contributed by atoms with Gasteiger partial charge in [0, 0.05) is 6.42 Å². The van der Waals surface area contributed by atoms with E-state index < -0.39 is 23.7 Å². The van der Waals surface area contributed by atoms with Crippen molar-refractivity contribution in [3.05, 3.63) is 24.2 Å². The number of hydrogen-bond donors (Lipinski definition) is 2. The second-order valence-corrected chi connectivity index (χ2v) is 4.87. The van der Waals surface area contributed by atoms with Crippen molar-refractivity contribution in [2.75, 3.05) is 0 Å². The first-order valence-electron chi connectivity index (χ1n) is 5.51. The van der Waals surface area contributed by atoms with Gasteiger partial charge in [-0.15, -0.1) is 0 Å². The fourth-order valence-electron chi connectivity index (χ4n) is 1.29. The third-order valence-corrected chi connectivity index (χ3v) is 2.01. The smallest absolute Gasteiger partial charge is 0.408 e. The number of carboxylic acids is 1. The minimum absolute atomic E-state index is 0.144. The maximum atomic E-state index is 11.5. The normalized spacial score (nSPS) is 12.8. The van der Waals surface area contributed by atoms with Crippen LogP contribution in [0.25, 0.3) is 0 Å². The lowest BCUT2D eigenvalue weighted by Gasteiger charge is -2.21. The Morgan fingerprint density at radius 1 is 1.50 bits per heavy atom. The van der Waals surface area contributed by atoms with Crippen LogP contribution >= 0.6 is 0 Å². The molecule has 0 bridgehead atoms. The highest BCUT2D eigenvalue weighted by atomic mass is 16.6. The second kappa shape index (κ2) is 5.57. The summed E-state index contributed by atoms with van der Waals surface area (Å²) in [6.07, 6.45) is 2.28. The van der Waals surface area contributed by atoms with Gasteiger partial charge >= 0.3 is 12.1 Å². The molecule has 0 aliphatic heterocycles. The van der Waals surface area contributed by atoms with Gasteiger partial charge in [0.15, 0.2) is 0 Å². The van der Waals surface area contributed by atoms with E-state index in [1.807, 2.05) is 0 Å². The van der Waals surface area contributed by atoms with Crippen LogP contribution in [-0.4, -0.2) is 28.8 Å². The summed E-state index contributed by atoms with van der Waals surface area (Å²) < 4.78 is 9.84. The Morgan fingerprint density at radius 3 is 2.61 bits per heavy atom. The summed E-state index contributed by atoms with van der Waals surface area (Å²) in [6, 6.07) is 0.602. The van der Waals surface area contributed by atoms with Crippen molar-refractivity contribution in [1.82, 2.24) is 5.32 Å². The molecular formula is C12H17NO5. The topological polar surface area (TPSA) is 88.8 Å². The monoisotopic (exact) mass is 255 g/mol. The van der Waals surface area contributed by atoms with Crippen molar-refractivity contribution >= 4 is 12.1 Å². The largest absolute Gasteiger partial charge is 0.480 e. The van der Waals surface area contributed by atoms with Crippen LogP contribution in [0.1, 0.15) is 26.3 Å². The van der Waals surface area contributed by atoms with Crippen LogP contribution in [0.5, 0.6) is 0 Å². The lowest BCUT2D eigenvalue weighted by atomic mass is 10.1. The number of hydrogen-bond acceptors (Lipinski definition) is 4. The molecule has 0 aliphatic rings. The molecule has 6 heteroatoms. The summed E-state index contributed by atoms with van der Waals surface area (Å²) in [5.74, 6) is -1.12. The van der Waals surface area contributed by atoms with E-state index in [1.165, 1.54) is 12.5 Å². The Hall–Kier alpha value is -1.98. The van der Waals surface area contributed by atoms with Crippen LogP contribution < -0.4 is 5.32 Å². The fourth-order valence-corrected chi connectivity index (χ4v) is 1.29. The summed E-state index contributed by atoms with van der Waals surface area (Å²) >= 11 is 0. The zero-order chi connectivity index (χ0) is 13.8. The predicted octanol–water partition coefficient (Wildman–Crippen LogP) is 1.80. The zero-order valence-electron chi connectivity index (χ0n) is 10.6. The second-order valence-electron chi connectivity index (χ2n) is 4.87. The van der Waals surface area contributed by atoms with E-state index in [-0.39, 0.29) is 6.42 Å². The Bertz CT molecular complexity index is 405. The molecule has 0 radical (unpaired) electrons. The number of rotatable bonds is 4. The Balaban J connectivity index is 2.58. The molecule has 0 aromatic carbocycles. The molecule has 1 heterocycles. The van der Waals surface area contributed by atoms with E-state index in [0.29, 0.717) is 5.56 Å². The van der Waals surface area contributed by atoms with Crippen molar-refractivity contribution < 1.29 is 23.8 Å². The highest BCUT2D eigenvalue weighted by Gasteiger charge is 2.24. The van der Waals surface area contributed by atoms with Gasteiger partial charge in [-0.2, -0.15) is 0 Å². The summed E-state index contributed by atoms with van der Waals surface area (Å²) in [4.78, 5) is 22.5. The number of amides is 1. The van der Waals surface area contributed by atoms with Crippen LogP contribution in [0.2, 0.25) is 0 Å². The average molecular weight is 255 g/mol. The molecule has 1 amide bonds. The minimum Gasteiger partial charge on any atom is -0.480 e. The third-order valence-electron chi connectivity index (χ3n) is 2.01. The number of carbonyl (C=O) groups is 2. The van der Waals surface area contributed by atoms with Crippen molar-refractivity contribution in [1.29, 1.82) is 0 Å². The van der Waals surface area contributed by atoms with Gasteiger partial charge in [-0.25, -0.2) is 9.59 Å². The van der Waals surface area contributed by atoms with E-state index in [1.54, 1.807) is 26.8 Å². The molecule has 1 aromatic rings. The number of alkyl carbamates (subject to hydrolysis) is 1. The molecule has 100 valence electrons. The van der Waals surface area contributed by atoms with Crippen LogP contribution in [-0.2, 0) is 16.0 Å². The van der Waals surface area contributed by atoms with Crippen LogP contribution in [0.4, 0.5) is 4.79 Å². The van der Waals surface area contributed by atoms with Gasteiger partial charge in [-0.05, 0) is 32.4 Å². The first-order chi connectivity index (χ1) is 8.28. The number of aliphatic carboxylic acids is 1. The van der Waals surface area contributed by atoms with E-state index in [2.05, 4.69) is 5.32 Å². The van der Waals surface area contributed by atoms with Gasteiger partial charge in [-0.1, -0.05) is 0 Å². The number of furan rings is 1. The highest BCUT2D eigenvalue weighted by Crippen LogP contribution is 2.08. The number of carboxylic acid groups (broad SMARTS) is 1. The quantitative estimate of drug-likeness (QED) is 0.856. The van der Waals surface area contributed by atoms with Crippen molar-refractivity contribution in [2.24, 2.45) is 0 Å². The molecule has 6 nitrogen and oxygen atoms in total.